The number of oxime groups is 1. The van der Waals surface area contributed by atoms with E-state index in [0.29, 0.717) is 19.4 Å². The molecule has 7 nitrogen and oxygen atoms in total. The molecule has 2 amide bonds. The van der Waals surface area contributed by atoms with Gasteiger partial charge in [-0.2, -0.15) is 0 Å². The quantitative estimate of drug-likeness (QED) is 0.158. The standard InChI is InChI=1S/C9H16N4O3/c1-5(8(10)13-16)4-11-6-2-3-7(14)12-9(6)15/h5-6,11,16H,2-4H2,1H3,(H2,10,13)(H,12,14,15). The van der Waals surface area contributed by atoms with Crippen LogP contribution >= 0.6 is 0 Å². The molecule has 1 fully saturated rings. The van der Waals surface area contributed by atoms with Crippen LogP contribution in [0.5, 0.6) is 0 Å². The van der Waals surface area contributed by atoms with E-state index in [0.717, 1.165) is 0 Å². The van der Waals surface area contributed by atoms with E-state index in [-0.39, 0.29) is 29.6 Å². The topological polar surface area (TPSA) is 117 Å². The molecule has 1 rings (SSSR count). The molecule has 1 aliphatic rings. The third-order valence-electron chi connectivity index (χ3n) is 2.53. The fourth-order valence-electron chi connectivity index (χ4n) is 1.41. The van der Waals surface area contributed by atoms with Crippen LogP contribution in [0.25, 0.3) is 0 Å². The highest BCUT2D eigenvalue weighted by atomic mass is 16.4. The second kappa shape index (κ2) is 5.45. The van der Waals surface area contributed by atoms with Gasteiger partial charge in [-0.25, -0.2) is 0 Å². The molecule has 0 aliphatic carbocycles. The van der Waals surface area contributed by atoms with Gasteiger partial charge in [-0.3, -0.25) is 14.9 Å². The van der Waals surface area contributed by atoms with Crippen molar-refractivity contribution < 1.29 is 14.8 Å². The van der Waals surface area contributed by atoms with Gasteiger partial charge < -0.3 is 16.3 Å². The molecule has 90 valence electrons. The van der Waals surface area contributed by atoms with Crippen LogP contribution in [0, 0.1) is 5.92 Å². The average molecular weight is 228 g/mol. The summed E-state index contributed by atoms with van der Waals surface area (Å²) >= 11 is 0. The second-order valence-electron chi connectivity index (χ2n) is 3.84. The first kappa shape index (κ1) is 12.4. The number of hydrogen-bond acceptors (Lipinski definition) is 5. The van der Waals surface area contributed by atoms with Crippen molar-refractivity contribution in [2.45, 2.75) is 25.8 Å². The number of nitrogens with zero attached hydrogens (tertiary/aromatic N) is 1. The largest absolute Gasteiger partial charge is 0.409 e. The Kier molecular flexibility index (Phi) is 4.24. The number of amidine groups is 1. The maximum atomic E-state index is 11.4. The monoisotopic (exact) mass is 228 g/mol. The zero-order chi connectivity index (χ0) is 12.1. The van der Waals surface area contributed by atoms with E-state index in [4.69, 9.17) is 10.9 Å². The van der Waals surface area contributed by atoms with E-state index in [2.05, 4.69) is 15.8 Å². The number of imide groups is 1. The molecule has 0 aromatic carbocycles. The van der Waals surface area contributed by atoms with Crippen LogP contribution in [0.3, 0.4) is 0 Å². The highest BCUT2D eigenvalue weighted by molar-refractivity contribution is 6.00. The first-order valence-electron chi connectivity index (χ1n) is 5.09. The number of hydrogen-bond donors (Lipinski definition) is 4. The van der Waals surface area contributed by atoms with E-state index < -0.39 is 0 Å². The van der Waals surface area contributed by atoms with Crippen molar-refractivity contribution in [1.29, 1.82) is 0 Å². The van der Waals surface area contributed by atoms with Gasteiger partial charge in [-0.15, -0.1) is 0 Å². The first-order chi connectivity index (χ1) is 7.54. The van der Waals surface area contributed by atoms with Crippen LogP contribution < -0.4 is 16.4 Å². The van der Waals surface area contributed by atoms with Crippen molar-refractivity contribution in [1.82, 2.24) is 10.6 Å². The van der Waals surface area contributed by atoms with E-state index in [1.54, 1.807) is 6.92 Å². The van der Waals surface area contributed by atoms with Gasteiger partial charge in [0.1, 0.15) is 5.84 Å². The molecule has 16 heavy (non-hydrogen) atoms. The fraction of sp³-hybridized carbons (Fsp3) is 0.667. The number of amides is 2. The van der Waals surface area contributed by atoms with Crippen LogP contribution in [0.2, 0.25) is 0 Å². The lowest BCUT2D eigenvalue weighted by Gasteiger charge is -2.23. The molecule has 2 unspecified atom stereocenters. The summed E-state index contributed by atoms with van der Waals surface area (Å²) in [5.74, 6) is -0.620. The Labute approximate surface area is 93.1 Å². The van der Waals surface area contributed by atoms with E-state index in [1.807, 2.05) is 0 Å². The number of rotatable bonds is 4. The summed E-state index contributed by atoms with van der Waals surface area (Å²) < 4.78 is 0. The van der Waals surface area contributed by atoms with Crippen molar-refractivity contribution in [3.8, 4) is 0 Å². The van der Waals surface area contributed by atoms with Gasteiger partial charge in [0.25, 0.3) is 0 Å². The number of carbonyl (C=O) groups excluding carboxylic acids is 2. The van der Waals surface area contributed by atoms with E-state index in [9.17, 15) is 9.59 Å². The average Bonchev–Trinajstić information content (AvgIpc) is 2.26. The summed E-state index contributed by atoms with van der Waals surface area (Å²) in [5.41, 5.74) is 5.39. The first-order valence-corrected chi connectivity index (χ1v) is 5.09. The molecular formula is C9H16N4O3. The molecule has 7 heteroatoms. The Morgan fingerprint density at radius 3 is 3.00 bits per heavy atom. The van der Waals surface area contributed by atoms with Gasteiger partial charge in [-0.1, -0.05) is 12.1 Å². The van der Waals surface area contributed by atoms with E-state index >= 15 is 0 Å². The SMILES string of the molecule is CC(CNC1CCC(=O)NC1=O)C(N)=NO. The summed E-state index contributed by atoms with van der Waals surface area (Å²) in [6.45, 7) is 2.19. The molecule has 1 heterocycles. The minimum absolute atomic E-state index is 0.111. The van der Waals surface area contributed by atoms with Crippen molar-refractivity contribution >= 4 is 17.6 Å². The molecular weight excluding hydrogens is 212 g/mol. The molecule has 0 spiro atoms. The summed E-state index contributed by atoms with van der Waals surface area (Å²) in [5, 5.41) is 16.5. The lowest BCUT2D eigenvalue weighted by atomic mass is 10.0. The van der Waals surface area contributed by atoms with E-state index in [1.165, 1.54) is 0 Å². The molecule has 2 atom stereocenters. The summed E-state index contributed by atoms with van der Waals surface area (Å²) in [6, 6.07) is -0.383. The smallest absolute Gasteiger partial charge is 0.243 e. The molecule has 1 aliphatic heterocycles. The van der Waals surface area contributed by atoms with Gasteiger partial charge >= 0.3 is 0 Å². The highest BCUT2D eigenvalue weighted by Crippen LogP contribution is 2.05. The predicted octanol–water partition coefficient (Wildman–Crippen LogP) is -1.24. The van der Waals surface area contributed by atoms with Gasteiger partial charge in [-0.05, 0) is 6.42 Å². The Hall–Kier alpha value is -1.63. The molecule has 0 aromatic rings. The fourth-order valence-corrected chi connectivity index (χ4v) is 1.41. The molecule has 0 radical (unpaired) electrons. The Balaban J connectivity index is 2.38. The maximum Gasteiger partial charge on any atom is 0.243 e. The van der Waals surface area contributed by atoms with Crippen LogP contribution in [0.1, 0.15) is 19.8 Å². The maximum absolute atomic E-state index is 11.4. The normalized spacial score (nSPS) is 24.1. The number of nitrogens with two attached hydrogens (primary N) is 1. The minimum Gasteiger partial charge on any atom is -0.409 e. The molecule has 0 bridgehead atoms. The zero-order valence-corrected chi connectivity index (χ0v) is 9.06. The summed E-state index contributed by atoms with van der Waals surface area (Å²) in [4.78, 5) is 22.2. The highest BCUT2D eigenvalue weighted by Gasteiger charge is 2.26. The zero-order valence-electron chi connectivity index (χ0n) is 9.06. The number of nitrogens with one attached hydrogen (secondary N) is 2. The number of carbonyl (C=O) groups is 2. The molecule has 0 aromatic heterocycles. The van der Waals surface area contributed by atoms with Crippen LogP contribution in [-0.4, -0.2) is 35.4 Å². The van der Waals surface area contributed by atoms with Gasteiger partial charge in [0.05, 0.1) is 6.04 Å². The lowest BCUT2D eigenvalue weighted by Crippen LogP contribution is -2.52. The summed E-state index contributed by atoms with van der Waals surface area (Å²) in [7, 11) is 0. The van der Waals surface area contributed by atoms with Crippen molar-refractivity contribution in [3.05, 3.63) is 0 Å². The van der Waals surface area contributed by atoms with Crippen LogP contribution in [-0.2, 0) is 9.59 Å². The second-order valence-corrected chi connectivity index (χ2v) is 3.84. The van der Waals surface area contributed by atoms with Crippen molar-refractivity contribution in [2.24, 2.45) is 16.8 Å². The van der Waals surface area contributed by atoms with Crippen molar-refractivity contribution in [2.75, 3.05) is 6.54 Å². The number of piperidine rings is 1. The van der Waals surface area contributed by atoms with Crippen LogP contribution in [0.15, 0.2) is 5.16 Å². The molecule has 5 N–H and O–H groups in total. The lowest BCUT2D eigenvalue weighted by molar-refractivity contribution is -0.134. The Morgan fingerprint density at radius 2 is 2.44 bits per heavy atom. The van der Waals surface area contributed by atoms with Crippen LogP contribution in [0.4, 0.5) is 0 Å². The third-order valence-corrected chi connectivity index (χ3v) is 2.53. The molecule has 0 saturated carbocycles. The van der Waals surface area contributed by atoms with Gasteiger partial charge in [0, 0.05) is 18.9 Å². The summed E-state index contributed by atoms with van der Waals surface area (Å²) in [6.07, 6.45) is 0.814. The Bertz CT molecular complexity index is 316. The minimum atomic E-state index is -0.383. The Morgan fingerprint density at radius 1 is 1.75 bits per heavy atom. The van der Waals surface area contributed by atoms with Gasteiger partial charge in [0.15, 0.2) is 0 Å². The molecule has 1 saturated heterocycles. The predicted molar refractivity (Wildman–Crippen MR) is 56.7 cm³/mol. The third kappa shape index (κ3) is 3.20. The van der Waals surface area contributed by atoms with Gasteiger partial charge in [0.2, 0.25) is 11.8 Å². The van der Waals surface area contributed by atoms with Crippen molar-refractivity contribution in [3.63, 3.8) is 0 Å².